The molecule has 0 aliphatic carbocycles. The maximum Gasteiger partial charge on any atom is 0.223 e. The van der Waals surface area contributed by atoms with Crippen LogP contribution in [0.4, 0.5) is 0 Å². The van der Waals surface area contributed by atoms with Gasteiger partial charge in [-0.15, -0.1) is 11.3 Å². The summed E-state index contributed by atoms with van der Waals surface area (Å²) in [5, 5.41) is 9.88. The molecule has 0 spiro atoms. The number of nitrogens with one attached hydrogen (secondary N) is 2. The SMILES string of the molecule is O=C(NCc1cccs1)C1CC[NH+](Cc2cnn(-c3ccccc3)c2-n2cccc2)CC1. The normalized spacial score (nSPS) is 18.5. The van der Waals surface area contributed by atoms with Crippen LogP contribution in [0.2, 0.25) is 0 Å². The number of nitrogens with zero attached hydrogens (tertiary/aromatic N) is 3. The van der Waals surface area contributed by atoms with Crippen LogP contribution in [0.25, 0.3) is 11.5 Å². The molecule has 0 bridgehead atoms. The number of carbonyl (C=O) groups is 1. The number of likely N-dealkylation sites (tertiary alicyclic amines) is 1. The topological polar surface area (TPSA) is 56.3 Å². The number of rotatable bonds is 7. The highest BCUT2D eigenvalue weighted by atomic mass is 32.1. The van der Waals surface area contributed by atoms with E-state index in [2.05, 4.69) is 40.5 Å². The van der Waals surface area contributed by atoms with Crippen molar-refractivity contribution in [1.29, 1.82) is 0 Å². The molecule has 1 amide bonds. The number of hydrogen-bond donors (Lipinski definition) is 2. The first kappa shape index (κ1) is 20.7. The maximum atomic E-state index is 12.6. The van der Waals surface area contributed by atoms with Crippen molar-refractivity contribution in [3.63, 3.8) is 0 Å². The molecule has 5 rings (SSSR count). The third-order valence-corrected chi connectivity index (χ3v) is 7.06. The Bertz CT molecular complexity index is 1130. The number of carbonyl (C=O) groups excluding carboxylic acids is 1. The summed E-state index contributed by atoms with van der Waals surface area (Å²) in [5.41, 5.74) is 2.28. The molecule has 32 heavy (non-hydrogen) atoms. The molecule has 1 fully saturated rings. The summed E-state index contributed by atoms with van der Waals surface area (Å²) in [6, 6.07) is 18.4. The van der Waals surface area contributed by atoms with Crippen LogP contribution >= 0.6 is 11.3 Å². The Hall–Kier alpha value is -3.16. The molecule has 3 aromatic heterocycles. The zero-order valence-electron chi connectivity index (χ0n) is 18.0. The van der Waals surface area contributed by atoms with E-state index >= 15 is 0 Å². The summed E-state index contributed by atoms with van der Waals surface area (Å²) in [7, 11) is 0. The monoisotopic (exact) mass is 446 g/mol. The molecule has 4 heterocycles. The predicted molar refractivity (Wildman–Crippen MR) is 126 cm³/mol. The molecule has 7 heteroatoms. The second-order valence-electron chi connectivity index (χ2n) is 8.33. The first-order chi connectivity index (χ1) is 15.8. The smallest absolute Gasteiger partial charge is 0.223 e. The highest BCUT2D eigenvalue weighted by Crippen LogP contribution is 2.20. The Labute approximate surface area is 192 Å². The fraction of sp³-hybridized carbons (Fsp3) is 0.280. The number of piperidine rings is 1. The third-order valence-electron chi connectivity index (χ3n) is 6.19. The first-order valence-corrected chi connectivity index (χ1v) is 12.1. The number of aromatic nitrogens is 3. The Morgan fingerprint density at radius 1 is 1.06 bits per heavy atom. The summed E-state index contributed by atoms with van der Waals surface area (Å²) >= 11 is 1.68. The van der Waals surface area contributed by atoms with Gasteiger partial charge in [-0.1, -0.05) is 24.3 Å². The van der Waals surface area contributed by atoms with E-state index in [1.807, 2.05) is 52.7 Å². The average Bonchev–Trinajstić information content (AvgIpc) is 3.60. The van der Waals surface area contributed by atoms with Crippen LogP contribution in [0.5, 0.6) is 0 Å². The lowest BCUT2D eigenvalue weighted by molar-refractivity contribution is -0.919. The second-order valence-corrected chi connectivity index (χ2v) is 9.36. The number of hydrogen-bond acceptors (Lipinski definition) is 3. The van der Waals surface area contributed by atoms with Crippen LogP contribution in [0.15, 0.2) is 78.6 Å². The second kappa shape index (κ2) is 9.54. The maximum absolute atomic E-state index is 12.6. The molecule has 1 saturated heterocycles. The molecule has 1 aromatic carbocycles. The van der Waals surface area contributed by atoms with Crippen molar-refractivity contribution in [2.24, 2.45) is 5.92 Å². The molecule has 0 radical (unpaired) electrons. The van der Waals surface area contributed by atoms with E-state index in [9.17, 15) is 4.79 Å². The van der Waals surface area contributed by atoms with Gasteiger partial charge in [0.1, 0.15) is 12.4 Å². The molecule has 4 aromatic rings. The van der Waals surface area contributed by atoms with E-state index in [4.69, 9.17) is 5.10 Å². The Morgan fingerprint density at radius 3 is 2.56 bits per heavy atom. The van der Waals surface area contributed by atoms with Gasteiger partial charge in [0.15, 0.2) is 0 Å². The molecule has 1 aliphatic rings. The van der Waals surface area contributed by atoms with E-state index in [-0.39, 0.29) is 11.8 Å². The third kappa shape index (κ3) is 4.54. The van der Waals surface area contributed by atoms with Crippen LogP contribution in [-0.4, -0.2) is 33.3 Å². The van der Waals surface area contributed by atoms with Crippen LogP contribution < -0.4 is 10.2 Å². The lowest BCUT2D eigenvalue weighted by atomic mass is 9.95. The van der Waals surface area contributed by atoms with Crippen LogP contribution in [0.3, 0.4) is 0 Å². The minimum atomic E-state index is 0.120. The van der Waals surface area contributed by atoms with Gasteiger partial charge in [0.25, 0.3) is 0 Å². The number of para-hydroxylation sites is 1. The van der Waals surface area contributed by atoms with Gasteiger partial charge in [-0.25, -0.2) is 4.68 Å². The van der Waals surface area contributed by atoms with Gasteiger partial charge in [-0.3, -0.25) is 4.79 Å². The average molecular weight is 447 g/mol. The highest BCUT2D eigenvalue weighted by molar-refractivity contribution is 7.09. The number of quaternary nitrogens is 1. The van der Waals surface area contributed by atoms with Gasteiger partial charge in [0.05, 0.1) is 37.1 Å². The molecule has 2 N–H and O–H groups in total. The quantitative estimate of drug-likeness (QED) is 0.459. The lowest BCUT2D eigenvalue weighted by Crippen LogP contribution is -3.11. The van der Waals surface area contributed by atoms with Crippen molar-refractivity contribution in [1.82, 2.24) is 19.7 Å². The van der Waals surface area contributed by atoms with Crippen LogP contribution in [0, 0.1) is 5.92 Å². The van der Waals surface area contributed by atoms with E-state index in [1.165, 1.54) is 15.3 Å². The first-order valence-electron chi connectivity index (χ1n) is 11.2. The Morgan fingerprint density at radius 2 is 1.84 bits per heavy atom. The molecular weight excluding hydrogens is 418 g/mol. The minimum Gasteiger partial charge on any atom is -0.351 e. The number of thiophene rings is 1. The molecule has 0 saturated carbocycles. The van der Waals surface area contributed by atoms with Crippen molar-refractivity contribution in [3.8, 4) is 11.5 Å². The van der Waals surface area contributed by atoms with Crippen LogP contribution in [0.1, 0.15) is 23.3 Å². The summed E-state index contributed by atoms with van der Waals surface area (Å²) in [5.74, 6) is 1.40. The summed E-state index contributed by atoms with van der Waals surface area (Å²) in [6.45, 7) is 3.55. The van der Waals surface area contributed by atoms with Crippen molar-refractivity contribution in [2.75, 3.05) is 13.1 Å². The van der Waals surface area contributed by atoms with Gasteiger partial charge in [0.2, 0.25) is 5.91 Å². The van der Waals surface area contributed by atoms with Gasteiger partial charge < -0.3 is 14.8 Å². The molecular formula is C25H28N5OS+. The molecule has 164 valence electrons. The fourth-order valence-electron chi connectivity index (χ4n) is 4.48. The zero-order valence-corrected chi connectivity index (χ0v) is 18.8. The van der Waals surface area contributed by atoms with Crippen LogP contribution in [-0.2, 0) is 17.9 Å². The summed E-state index contributed by atoms with van der Waals surface area (Å²) in [6.07, 6.45) is 7.99. The van der Waals surface area contributed by atoms with Crippen molar-refractivity contribution >= 4 is 17.2 Å². The zero-order chi connectivity index (χ0) is 21.8. The van der Waals surface area contributed by atoms with E-state index in [0.29, 0.717) is 6.54 Å². The van der Waals surface area contributed by atoms with Crippen molar-refractivity contribution in [2.45, 2.75) is 25.9 Å². The summed E-state index contributed by atoms with van der Waals surface area (Å²) < 4.78 is 4.15. The predicted octanol–water partition coefficient (Wildman–Crippen LogP) is 2.84. The molecule has 0 atom stereocenters. The van der Waals surface area contributed by atoms with E-state index < -0.39 is 0 Å². The van der Waals surface area contributed by atoms with E-state index in [0.717, 1.165) is 44.0 Å². The Kier molecular flexibility index (Phi) is 6.18. The van der Waals surface area contributed by atoms with Crippen molar-refractivity contribution in [3.05, 3.63) is 89.0 Å². The van der Waals surface area contributed by atoms with Gasteiger partial charge in [-0.2, -0.15) is 5.10 Å². The standard InChI is InChI=1S/C25H27N5OS/c31-24(26-18-23-9-6-16-32-23)20-10-14-28(15-11-20)19-21-17-27-30(22-7-2-1-3-8-22)25(21)29-12-4-5-13-29/h1-9,12-13,16-17,20H,10-11,14-15,18-19H2,(H,26,31)/p+1. The Balaban J connectivity index is 1.24. The molecule has 0 unspecified atom stereocenters. The molecule has 1 aliphatic heterocycles. The minimum absolute atomic E-state index is 0.120. The van der Waals surface area contributed by atoms with Gasteiger partial charge in [-0.05, 0) is 35.7 Å². The molecule has 6 nitrogen and oxygen atoms in total. The van der Waals surface area contributed by atoms with Gasteiger partial charge >= 0.3 is 0 Å². The van der Waals surface area contributed by atoms with Crippen molar-refractivity contribution < 1.29 is 9.69 Å². The number of benzene rings is 1. The highest BCUT2D eigenvalue weighted by Gasteiger charge is 2.28. The summed E-state index contributed by atoms with van der Waals surface area (Å²) in [4.78, 5) is 15.3. The van der Waals surface area contributed by atoms with Gasteiger partial charge in [0, 0.05) is 36.0 Å². The largest absolute Gasteiger partial charge is 0.351 e. The fourth-order valence-corrected chi connectivity index (χ4v) is 5.12. The lowest BCUT2D eigenvalue weighted by Gasteiger charge is -2.28. The van der Waals surface area contributed by atoms with E-state index in [1.54, 1.807) is 11.3 Å². The number of amides is 1.